The van der Waals surface area contributed by atoms with E-state index >= 15 is 0 Å². The molecule has 1 aliphatic heterocycles. The lowest BCUT2D eigenvalue weighted by atomic mass is 9.95. The van der Waals surface area contributed by atoms with Gasteiger partial charge in [-0.2, -0.15) is 0 Å². The van der Waals surface area contributed by atoms with Gasteiger partial charge in [-0.3, -0.25) is 4.79 Å². The molecular weight excluding hydrogens is 262 g/mol. The topological polar surface area (TPSA) is 58.4 Å². The van der Waals surface area contributed by atoms with Gasteiger partial charge >= 0.3 is 0 Å². The van der Waals surface area contributed by atoms with E-state index in [4.69, 9.17) is 5.73 Å². The molecular formula is C17H25N3O. The minimum Gasteiger partial charge on any atom is -0.397 e. The lowest BCUT2D eigenvalue weighted by Crippen LogP contribution is -2.44. The molecule has 0 radical (unpaired) electrons. The molecule has 0 atom stereocenters. The predicted molar refractivity (Wildman–Crippen MR) is 86.4 cm³/mol. The number of nitrogens with zero attached hydrogens (tertiary/aromatic N) is 1. The summed E-state index contributed by atoms with van der Waals surface area (Å²) in [5.74, 6) is 0.137. The van der Waals surface area contributed by atoms with Crippen molar-refractivity contribution >= 4 is 17.3 Å². The van der Waals surface area contributed by atoms with Gasteiger partial charge in [0.2, 0.25) is 5.91 Å². The Bertz CT molecular complexity index is 509. The average molecular weight is 287 g/mol. The van der Waals surface area contributed by atoms with E-state index in [2.05, 4.69) is 16.3 Å². The first-order chi connectivity index (χ1) is 10.2. The number of carbonyl (C=O) groups excluding carboxylic acids is 1. The van der Waals surface area contributed by atoms with Crippen molar-refractivity contribution in [2.75, 3.05) is 23.7 Å². The van der Waals surface area contributed by atoms with Gasteiger partial charge in [0.15, 0.2) is 0 Å². The molecule has 4 heteroatoms. The van der Waals surface area contributed by atoms with Crippen LogP contribution in [0.5, 0.6) is 0 Å². The highest BCUT2D eigenvalue weighted by Gasteiger charge is 2.22. The third-order valence-corrected chi connectivity index (χ3v) is 4.65. The number of benzene rings is 1. The quantitative estimate of drug-likeness (QED) is 0.840. The molecule has 0 bridgehead atoms. The highest BCUT2D eigenvalue weighted by molar-refractivity contribution is 5.84. The van der Waals surface area contributed by atoms with E-state index in [1.807, 2.05) is 12.1 Å². The summed E-state index contributed by atoms with van der Waals surface area (Å²) in [7, 11) is 0. The summed E-state index contributed by atoms with van der Waals surface area (Å²) < 4.78 is 0. The molecule has 0 unspecified atom stereocenters. The molecule has 0 spiro atoms. The van der Waals surface area contributed by atoms with Gasteiger partial charge in [0.25, 0.3) is 0 Å². The van der Waals surface area contributed by atoms with Gasteiger partial charge in [-0.25, -0.2) is 0 Å². The number of amides is 1. The molecule has 3 N–H and O–H groups in total. The molecule has 1 aliphatic carbocycles. The van der Waals surface area contributed by atoms with Crippen LogP contribution in [0.15, 0.2) is 18.2 Å². The van der Waals surface area contributed by atoms with Crippen molar-refractivity contribution in [1.82, 2.24) is 5.32 Å². The number of aryl methyl sites for hydroxylation is 1. The minimum atomic E-state index is 0.137. The Kier molecular flexibility index (Phi) is 4.32. The van der Waals surface area contributed by atoms with Crippen molar-refractivity contribution in [2.45, 2.75) is 51.0 Å². The molecule has 1 aromatic carbocycles. The maximum atomic E-state index is 12.3. The standard InChI is InChI=1S/C17H25N3O/c18-15-10-4-6-13-7-5-11-20(17(13)15)12-16(21)19-14-8-2-1-3-9-14/h4,6,10,14H,1-3,5,7-9,11-12,18H2,(H,19,21). The van der Waals surface area contributed by atoms with Crippen molar-refractivity contribution in [3.05, 3.63) is 23.8 Å². The van der Waals surface area contributed by atoms with Crippen molar-refractivity contribution in [3.63, 3.8) is 0 Å². The first kappa shape index (κ1) is 14.2. The van der Waals surface area contributed by atoms with Gasteiger partial charge in [-0.05, 0) is 37.3 Å². The van der Waals surface area contributed by atoms with Crippen LogP contribution in [0.3, 0.4) is 0 Å². The van der Waals surface area contributed by atoms with Gasteiger partial charge in [-0.1, -0.05) is 31.4 Å². The number of nitrogen functional groups attached to an aromatic ring is 1. The number of hydrogen-bond donors (Lipinski definition) is 2. The van der Waals surface area contributed by atoms with Gasteiger partial charge in [0.1, 0.15) is 0 Å². The fourth-order valence-electron chi connectivity index (χ4n) is 3.62. The molecule has 114 valence electrons. The summed E-state index contributed by atoms with van der Waals surface area (Å²) in [4.78, 5) is 14.5. The van der Waals surface area contributed by atoms with E-state index in [0.717, 1.165) is 43.6 Å². The van der Waals surface area contributed by atoms with Gasteiger partial charge in [0, 0.05) is 12.6 Å². The molecule has 1 fully saturated rings. The highest BCUT2D eigenvalue weighted by atomic mass is 16.2. The zero-order valence-corrected chi connectivity index (χ0v) is 12.6. The van der Waals surface area contributed by atoms with Crippen molar-refractivity contribution in [1.29, 1.82) is 0 Å². The number of para-hydroxylation sites is 1. The molecule has 0 saturated heterocycles. The predicted octanol–water partition coefficient (Wildman–Crippen LogP) is 2.47. The fourth-order valence-corrected chi connectivity index (χ4v) is 3.62. The SMILES string of the molecule is Nc1cccc2c1N(CC(=O)NC1CCCCC1)CCC2. The molecule has 3 rings (SSSR count). The van der Waals surface area contributed by atoms with Crippen LogP contribution in [0.25, 0.3) is 0 Å². The van der Waals surface area contributed by atoms with E-state index in [9.17, 15) is 4.79 Å². The summed E-state index contributed by atoms with van der Waals surface area (Å²) in [5.41, 5.74) is 9.25. The second-order valence-electron chi connectivity index (χ2n) is 6.28. The maximum absolute atomic E-state index is 12.3. The first-order valence-corrected chi connectivity index (χ1v) is 8.16. The molecule has 1 saturated carbocycles. The Hall–Kier alpha value is -1.71. The largest absolute Gasteiger partial charge is 0.397 e. The monoisotopic (exact) mass is 287 g/mol. The minimum absolute atomic E-state index is 0.137. The van der Waals surface area contributed by atoms with Crippen LogP contribution in [0.1, 0.15) is 44.1 Å². The van der Waals surface area contributed by atoms with Crippen molar-refractivity contribution in [2.24, 2.45) is 0 Å². The van der Waals surface area contributed by atoms with E-state index < -0.39 is 0 Å². The van der Waals surface area contributed by atoms with Crippen LogP contribution in [-0.4, -0.2) is 25.0 Å². The first-order valence-electron chi connectivity index (χ1n) is 8.16. The van der Waals surface area contributed by atoms with Crippen LogP contribution in [0, 0.1) is 0 Å². The summed E-state index contributed by atoms with van der Waals surface area (Å²) >= 11 is 0. The van der Waals surface area contributed by atoms with Crippen LogP contribution in [0.4, 0.5) is 11.4 Å². The number of fused-ring (bicyclic) bond motifs is 1. The van der Waals surface area contributed by atoms with Gasteiger partial charge in [-0.15, -0.1) is 0 Å². The average Bonchev–Trinajstić information content (AvgIpc) is 2.48. The zero-order valence-electron chi connectivity index (χ0n) is 12.6. The second-order valence-corrected chi connectivity index (χ2v) is 6.28. The molecule has 4 nitrogen and oxygen atoms in total. The number of carbonyl (C=O) groups is 1. The van der Waals surface area contributed by atoms with E-state index in [-0.39, 0.29) is 5.91 Å². The number of anilines is 2. The smallest absolute Gasteiger partial charge is 0.239 e. The van der Waals surface area contributed by atoms with Crippen LogP contribution >= 0.6 is 0 Å². The molecule has 1 amide bonds. The van der Waals surface area contributed by atoms with Gasteiger partial charge in [0.05, 0.1) is 17.9 Å². The Labute approximate surface area is 126 Å². The van der Waals surface area contributed by atoms with Crippen molar-refractivity contribution in [3.8, 4) is 0 Å². The molecule has 2 aliphatic rings. The molecule has 0 aromatic heterocycles. The third-order valence-electron chi connectivity index (χ3n) is 4.65. The summed E-state index contributed by atoms with van der Waals surface area (Å²) in [6.45, 7) is 1.34. The third kappa shape index (κ3) is 3.31. The lowest BCUT2D eigenvalue weighted by molar-refractivity contribution is -0.120. The molecule has 1 heterocycles. The zero-order chi connectivity index (χ0) is 14.7. The second kappa shape index (κ2) is 6.37. The van der Waals surface area contributed by atoms with Crippen LogP contribution in [0.2, 0.25) is 0 Å². The van der Waals surface area contributed by atoms with E-state index in [1.54, 1.807) is 0 Å². The van der Waals surface area contributed by atoms with E-state index in [0.29, 0.717) is 12.6 Å². The Morgan fingerprint density at radius 1 is 1.24 bits per heavy atom. The maximum Gasteiger partial charge on any atom is 0.239 e. The summed E-state index contributed by atoms with van der Waals surface area (Å²) in [5, 5.41) is 3.20. The number of nitrogens with one attached hydrogen (secondary N) is 1. The Morgan fingerprint density at radius 3 is 2.86 bits per heavy atom. The van der Waals surface area contributed by atoms with Gasteiger partial charge < -0.3 is 16.0 Å². The Balaban J connectivity index is 1.64. The van der Waals surface area contributed by atoms with Crippen molar-refractivity contribution < 1.29 is 4.79 Å². The fraction of sp³-hybridized carbons (Fsp3) is 0.588. The molecule has 1 aromatic rings. The summed E-state index contributed by atoms with van der Waals surface area (Å²) in [6.07, 6.45) is 8.19. The molecule has 21 heavy (non-hydrogen) atoms. The van der Waals surface area contributed by atoms with E-state index in [1.165, 1.54) is 24.8 Å². The highest BCUT2D eigenvalue weighted by Crippen LogP contribution is 2.32. The normalized spacial score (nSPS) is 19.1. The van der Waals surface area contributed by atoms with Crippen LogP contribution < -0.4 is 16.0 Å². The summed E-state index contributed by atoms with van der Waals surface area (Å²) in [6, 6.07) is 6.43. The number of nitrogens with two attached hydrogens (primary N) is 1. The lowest BCUT2D eigenvalue weighted by Gasteiger charge is -2.32. The van der Waals surface area contributed by atoms with Crippen LogP contribution in [-0.2, 0) is 11.2 Å². The number of hydrogen-bond acceptors (Lipinski definition) is 3. The Morgan fingerprint density at radius 2 is 2.05 bits per heavy atom. The number of rotatable bonds is 3.